The number of imide groups is 1. The van der Waals surface area contributed by atoms with Crippen molar-refractivity contribution in [1.29, 1.82) is 0 Å². The zero-order chi connectivity index (χ0) is 14.2. The van der Waals surface area contributed by atoms with Crippen molar-refractivity contribution in [2.75, 3.05) is 0 Å². The molecule has 1 unspecified atom stereocenters. The van der Waals surface area contributed by atoms with Crippen molar-refractivity contribution in [2.45, 2.75) is 39.7 Å². The predicted molar refractivity (Wildman–Crippen MR) is 77.4 cm³/mol. The SMILES string of the molecule is CC(c1ccc(Br)cc1)N1C(=O)CC(C)(C)CC1=O. The fraction of sp³-hybridized carbons (Fsp3) is 0.467. The van der Waals surface area contributed by atoms with Crippen LogP contribution in [0.3, 0.4) is 0 Å². The van der Waals surface area contributed by atoms with Gasteiger partial charge in [-0.3, -0.25) is 14.5 Å². The van der Waals surface area contributed by atoms with Gasteiger partial charge >= 0.3 is 0 Å². The Bertz CT molecular complexity index is 487. The minimum Gasteiger partial charge on any atom is -0.275 e. The molecule has 1 aliphatic heterocycles. The Balaban J connectivity index is 2.24. The molecule has 3 nitrogen and oxygen atoms in total. The minimum atomic E-state index is -0.218. The molecule has 1 fully saturated rings. The molecular formula is C15H18BrNO2. The highest BCUT2D eigenvalue weighted by atomic mass is 79.9. The van der Waals surface area contributed by atoms with Crippen LogP contribution < -0.4 is 0 Å². The molecule has 1 aromatic carbocycles. The van der Waals surface area contributed by atoms with E-state index < -0.39 is 0 Å². The second-order valence-electron chi connectivity index (χ2n) is 5.90. The van der Waals surface area contributed by atoms with E-state index in [0.717, 1.165) is 10.0 Å². The van der Waals surface area contributed by atoms with Gasteiger partial charge < -0.3 is 0 Å². The van der Waals surface area contributed by atoms with Gasteiger partial charge in [0.25, 0.3) is 0 Å². The Morgan fingerprint density at radius 1 is 1.11 bits per heavy atom. The molecule has 2 amide bonds. The van der Waals surface area contributed by atoms with Gasteiger partial charge in [0.1, 0.15) is 0 Å². The molecule has 0 aliphatic carbocycles. The quantitative estimate of drug-likeness (QED) is 0.778. The second-order valence-corrected chi connectivity index (χ2v) is 6.82. The van der Waals surface area contributed by atoms with Gasteiger partial charge in [-0.1, -0.05) is 41.9 Å². The molecule has 1 saturated heterocycles. The van der Waals surface area contributed by atoms with Crippen molar-refractivity contribution in [3.05, 3.63) is 34.3 Å². The second kappa shape index (κ2) is 5.08. The number of rotatable bonds is 2. The van der Waals surface area contributed by atoms with Crippen molar-refractivity contribution < 1.29 is 9.59 Å². The summed E-state index contributed by atoms with van der Waals surface area (Å²) in [5.41, 5.74) is 0.758. The van der Waals surface area contributed by atoms with Crippen LogP contribution >= 0.6 is 15.9 Å². The number of likely N-dealkylation sites (tertiary alicyclic amines) is 1. The van der Waals surface area contributed by atoms with Crippen LogP contribution in [0.15, 0.2) is 28.7 Å². The van der Waals surface area contributed by atoms with Crippen LogP contribution in [0.1, 0.15) is 45.2 Å². The molecule has 1 atom stereocenters. The molecule has 19 heavy (non-hydrogen) atoms. The van der Waals surface area contributed by atoms with Gasteiger partial charge in [0.15, 0.2) is 0 Å². The van der Waals surface area contributed by atoms with E-state index in [2.05, 4.69) is 15.9 Å². The summed E-state index contributed by atoms with van der Waals surface area (Å²) in [6.45, 7) is 5.83. The Hall–Kier alpha value is -1.16. The normalized spacial score (nSPS) is 20.5. The van der Waals surface area contributed by atoms with Gasteiger partial charge in [0.05, 0.1) is 6.04 Å². The van der Waals surface area contributed by atoms with Gasteiger partial charge in [-0.25, -0.2) is 0 Å². The molecule has 1 aromatic rings. The van der Waals surface area contributed by atoms with E-state index in [-0.39, 0.29) is 23.3 Å². The number of amides is 2. The number of hydrogen-bond donors (Lipinski definition) is 0. The highest BCUT2D eigenvalue weighted by molar-refractivity contribution is 9.10. The molecule has 0 spiro atoms. The van der Waals surface area contributed by atoms with E-state index in [9.17, 15) is 9.59 Å². The van der Waals surface area contributed by atoms with Gasteiger partial charge in [0.2, 0.25) is 11.8 Å². The van der Waals surface area contributed by atoms with Crippen molar-refractivity contribution in [2.24, 2.45) is 5.41 Å². The summed E-state index contributed by atoms with van der Waals surface area (Å²) in [7, 11) is 0. The van der Waals surface area contributed by atoms with Crippen LogP contribution in [-0.4, -0.2) is 16.7 Å². The summed E-state index contributed by atoms with van der Waals surface area (Å²) < 4.78 is 0.987. The van der Waals surface area contributed by atoms with E-state index in [0.29, 0.717) is 12.8 Å². The van der Waals surface area contributed by atoms with Crippen molar-refractivity contribution >= 4 is 27.7 Å². The summed E-state index contributed by atoms with van der Waals surface area (Å²) in [5, 5.41) is 0. The lowest BCUT2D eigenvalue weighted by molar-refractivity contribution is -0.155. The van der Waals surface area contributed by atoms with Crippen LogP contribution in [0.4, 0.5) is 0 Å². The van der Waals surface area contributed by atoms with E-state index in [4.69, 9.17) is 0 Å². The van der Waals surface area contributed by atoms with E-state index in [1.165, 1.54) is 4.90 Å². The van der Waals surface area contributed by atoms with Crippen molar-refractivity contribution in [3.63, 3.8) is 0 Å². The maximum absolute atomic E-state index is 12.2. The summed E-state index contributed by atoms with van der Waals surface area (Å²) in [6.07, 6.45) is 0.860. The molecular weight excluding hydrogens is 306 g/mol. The third-order valence-corrected chi connectivity index (χ3v) is 4.07. The van der Waals surface area contributed by atoms with Crippen LogP contribution in [0, 0.1) is 5.41 Å². The van der Waals surface area contributed by atoms with Crippen LogP contribution in [0.2, 0.25) is 0 Å². The van der Waals surface area contributed by atoms with E-state index in [1.54, 1.807) is 0 Å². The topological polar surface area (TPSA) is 37.4 Å². The third kappa shape index (κ3) is 3.06. The number of piperidine rings is 1. The minimum absolute atomic E-state index is 0.0725. The predicted octanol–water partition coefficient (Wildman–Crippen LogP) is 3.69. The smallest absolute Gasteiger partial charge is 0.230 e. The van der Waals surface area contributed by atoms with Crippen LogP contribution in [0.5, 0.6) is 0 Å². The molecule has 4 heteroatoms. The molecule has 0 aromatic heterocycles. The molecule has 1 aliphatic rings. The van der Waals surface area contributed by atoms with E-state index in [1.807, 2.05) is 45.0 Å². The lowest BCUT2D eigenvalue weighted by Gasteiger charge is -2.38. The Morgan fingerprint density at radius 2 is 1.58 bits per heavy atom. The molecule has 0 bridgehead atoms. The highest BCUT2D eigenvalue weighted by Gasteiger charge is 2.39. The van der Waals surface area contributed by atoms with Gasteiger partial charge in [-0.2, -0.15) is 0 Å². The average molecular weight is 324 g/mol. The third-order valence-electron chi connectivity index (χ3n) is 3.54. The number of nitrogens with zero attached hydrogens (tertiary/aromatic N) is 1. The fourth-order valence-corrected chi connectivity index (χ4v) is 2.78. The molecule has 0 radical (unpaired) electrons. The molecule has 0 N–H and O–H groups in total. The zero-order valence-electron chi connectivity index (χ0n) is 11.4. The maximum Gasteiger partial charge on any atom is 0.230 e. The van der Waals surface area contributed by atoms with Crippen molar-refractivity contribution in [3.8, 4) is 0 Å². The average Bonchev–Trinajstić information content (AvgIpc) is 2.26. The number of halogens is 1. The fourth-order valence-electron chi connectivity index (χ4n) is 2.51. The molecule has 2 rings (SSSR count). The lowest BCUT2D eigenvalue weighted by Crippen LogP contribution is -2.47. The lowest BCUT2D eigenvalue weighted by atomic mass is 9.81. The maximum atomic E-state index is 12.2. The Labute approximate surface area is 122 Å². The van der Waals surface area contributed by atoms with Gasteiger partial charge in [0, 0.05) is 17.3 Å². The number of hydrogen-bond acceptors (Lipinski definition) is 2. The summed E-state index contributed by atoms with van der Waals surface area (Å²) in [6, 6.07) is 7.53. The van der Waals surface area contributed by atoms with Crippen LogP contribution in [0.25, 0.3) is 0 Å². The van der Waals surface area contributed by atoms with Gasteiger partial charge in [-0.15, -0.1) is 0 Å². The first-order chi connectivity index (χ1) is 8.80. The first-order valence-electron chi connectivity index (χ1n) is 6.40. The van der Waals surface area contributed by atoms with E-state index >= 15 is 0 Å². The summed E-state index contributed by atoms with van der Waals surface area (Å²) in [4.78, 5) is 25.8. The zero-order valence-corrected chi connectivity index (χ0v) is 13.0. The first kappa shape index (κ1) is 14.3. The number of benzene rings is 1. The number of carbonyl (C=O) groups excluding carboxylic acids is 2. The summed E-state index contributed by atoms with van der Waals surface area (Å²) in [5.74, 6) is -0.145. The number of carbonyl (C=O) groups is 2. The highest BCUT2D eigenvalue weighted by Crippen LogP contribution is 2.35. The first-order valence-corrected chi connectivity index (χ1v) is 7.20. The molecule has 0 saturated carbocycles. The monoisotopic (exact) mass is 323 g/mol. The Kier molecular flexibility index (Phi) is 3.81. The van der Waals surface area contributed by atoms with Crippen molar-refractivity contribution in [1.82, 2.24) is 4.90 Å². The van der Waals surface area contributed by atoms with Crippen LogP contribution in [-0.2, 0) is 9.59 Å². The molecule has 102 valence electrons. The standard InChI is InChI=1S/C15H18BrNO2/c1-10(11-4-6-12(16)7-5-11)17-13(18)8-15(2,3)9-14(17)19/h4-7,10H,8-9H2,1-3H3. The molecule has 1 heterocycles. The van der Waals surface area contributed by atoms with Gasteiger partial charge in [-0.05, 0) is 30.0 Å². The Morgan fingerprint density at radius 3 is 2.05 bits per heavy atom. The summed E-state index contributed by atoms with van der Waals surface area (Å²) >= 11 is 3.38. The largest absolute Gasteiger partial charge is 0.275 e.